The number of aromatic nitrogens is 1. The number of anilines is 1. The van der Waals surface area contributed by atoms with Gasteiger partial charge >= 0.3 is 0 Å². The summed E-state index contributed by atoms with van der Waals surface area (Å²) in [4.78, 5) is 15.8. The summed E-state index contributed by atoms with van der Waals surface area (Å²) in [6.07, 6.45) is 2.25. The van der Waals surface area contributed by atoms with E-state index in [1.54, 1.807) is 0 Å². The van der Waals surface area contributed by atoms with Crippen molar-refractivity contribution in [2.45, 2.75) is 32.7 Å². The van der Waals surface area contributed by atoms with E-state index in [-0.39, 0.29) is 0 Å². The van der Waals surface area contributed by atoms with Crippen molar-refractivity contribution < 1.29 is 4.79 Å². The minimum atomic E-state index is -0.425. The van der Waals surface area contributed by atoms with Crippen molar-refractivity contribution in [3.8, 4) is 0 Å². The maximum atomic E-state index is 11.5. The predicted octanol–water partition coefficient (Wildman–Crippen LogP) is 0.961. The molecule has 1 aliphatic rings. The van der Waals surface area contributed by atoms with Crippen LogP contribution in [0.3, 0.4) is 0 Å². The van der Waals surface area contributed by atoms with Crippen LogP contribution in [0.1, 0.15) is 34.6 Å². The number of primary amides is 1. The van der Waals surface area contributed by atoms with E-state index in [9.17, 15) is 4.79 Å². The summed E-state index contributed by atoms with van der Waals surface area (Å²) in [5.41, 5.74) is 8.33. The molecule has 0 aromatic carbocycles. The van der Waals surface area contributed by atoms with E-state index < -0.39 is 5.91 Å². The van der Waals surface area contributed by atoms with Gasteiger partial charge in [0.05, 0.1) is 16.9 Å². The number of nitrogens with two attached hydrogens (primary N) is 1. The van der Waals surface area contributed by atoms with Gasteiger partial charge in [-0.1, -0.05) is 0 Å². The summed E-state index contributed by atoms with van der Waals surface area (Å²) < 4.78 is 0. The minimum absolute atomic E-state index is 0.345. The van der Waals surface area contributed by atoms with Crippen molar-refractivity contribution >= 4 is 11.6 Å². The Kier molecular flexibility index (Phi) is 3.81. The average Bonchev–Trinajstić information content (AvgIpc) is 2.28. The normalized spacial score (nSPS) is 19.6. The first-order valence-electron chi connectivity index (χ1n) is 6.33. The van der Waals surface area contributed by atoms with Crippen molar-refractivity contribution in [3.63, 3.8) is 0 Å². The van der Waals surface area contributed by atoms with Crippen molar-refractivity contribution in [3.05, 3.63) is 23.0 Å². The molecule has 1 saturated heterocycles. The molecule has 98 valence electrons. The van der Waals surface area contributed by atoms with E-state index in [0.717, 1.165) is 37.3 Å². The lowest BCUT2D eigenvalue weighted by atomic mass is 10.0. The Morgan fingerprint density at radius 1 is 1.56 bits per heavy atom. The van der Waals surface area contributed by atoms with Gasteiger partial charge in [-0.15, -0.1) is 0 Å². The molecule has 0 spiro atoms. The minimum Gasteiger partial charge on any atom is -0.380 e. The number of aryl methyl sites for hydroxylation is 2. The molecule has 5 heteroatoms. The highest BCUT2D eigenvalue weighted by Gasteiger charge is 2.18. The van der Waals surface area contributed by atoms with E-state index in [2.05, 4.69) is 15.6 Å². The fourth-order valence-corrected chi connectivity index (χ4v) is 2.45. The molecular formula is C13H20N4O. The van der Waals surface area contributed by atoms with Crippen molar-refractivity contribution in [1.29, 1.82) is 0 Å². The standard InChI is InChI=1S/C13H20N4O/c1-8-6-11(12(13(14)18)9(2)16-8)17-10-4-3-5-15-7-10/h6,10,15H,3-5,7H2,1-2H3,(H2,14,18)(H,16,17). The van der Waals surface area contributed by atoms with E-state index in [1.807, 2.05) is 19.9 Å². The van der Waals surface area contributed by atoms with Gasteiger partial charge in [0.25, 0.3) is 5.91 Å². The number of rotatable bonds is 3. The van der Waals surface area contributed by atoms with Crippen LogP contribution in [0.4, 0.5) is 5.69 Å². The first-order chi connectivity index (χ1) is 8.58. The lowest BCUT2D eigenvalue weighted by Crippen LogP contribution is -2.39. The fraction of sp³-hybridized carbons (Fsp3) is 0.538. The molecule has 1 aromatic rings. The molecule has 1 amide bonds. The van der Waals surface area contributed by atoms with Crippen LogP contribution < -0.4 is 16.4 Å². The quantitative estimate of drug-likeness (QED) is 0.744. The van der Waals surface area contributed by atoms with Crippen molar-refractivity contribution in [2.24, 2.45) is 5.73 Å². The Bertz CT molecular complexity index is 453. The number of amides is 1. The predicted molar refractivity (Wildman–Crippen MR) is 71.7 cm³/mol. The second kappa shape index (κ2) is 5.35. The lowest BCUT2D eigenvalue weighted by molar-refractivity contribution is 0.1000. The number of nitrogens with one attached hydrogen (secondary N) is 2. The molecule has 1 fully saturated rings. The fourth-order valence-electron chi connectivity index (χ4n) is 2.45. The average molecular weight is 248 g/mol. The number of hydrogen-bond acceptors (Lipinski definition) is 4. The van der Waals surface area contributed by atoms with Gasteiger partial charge in [0, 0.05) is 18.3 Å². The Morgan fingerprint density at radius 3 is 2.94 bits per heavy atom. The summed E-state index contributed by atoms with van der Waals surface area (Å²) in [7, 11) is 0. The maximum Gasteiger partial charge on any atom is 0.252 e. The number of carbonyl (C=O) groups is 1. The third-order valence-electron chi connectivity index (χ3n) is 3.23. The second-order valence-electron chi connectivity index (χ2n) is 4.82. The molecule has 1 atom stereocenters. The van der Waals surface area contributed by atoms with Gasteiger partial charge in [0.15, 0.2) is 0 Å². The van der Waals surface area contributed by atoms with Gasteiger partial charge in [0.2, 0.25) is 0 Å². The van der Waals surface area contributed by atoms with Gasteiger partial charge in [0.1, 0.15) is 0 Å². The summed E-state index contributed by atoms with van der Waals surface area (Å²) in [6.45, 7) is 5.72. The third-order valence-corrected chi connectivity index (χ3v) is 3.23. The smallest absolute Gasteiger partial charge is 0.252 e. The highest BCUT2D eigenvalue weighted by atomic mass is 16.1. The molecular weight excluding hydrogens is 228 g/mol. The summed E-state index contributed by atoms with van der Waals surface area (Å²) in [5.74, 6) is -0.425. The highest BCUT2D eigenvalue weighted by Crippen LogP contribution is 2.21. The number of carbonyl (C=O) groups excluding carboxylic acids is 1. The van der Waals surface area contributed by atoms with Crippen LogP contribution in [0.15, 0.2) is 6.07 Å². The molecule has 0 saturated carbocycles. The summed E-state index contributed by atoms with van der Waals surface area (Å²) in [5, 5.41) is 6.75. The first-order valence-corrected chi connectivity index (χ1v) is 6.33. The zero-order valence-corrected chi connectivity index (χ0v) is 10.9. The van der Waals surface area contributed by atoms with Crippen LogP contribution >= 0.6 is 0 Å². The lowest BCUT2D eigenvalue weighted by Gasteiger charge is -2.26. The molecule has 1 aromatic heterocycles. The van der Waals surface area contributed by atoms with Gasteiger partial charge in [-0.2, -0.15) is 0 Å². The largest absolute Gasteiger partial charge is 0.380 e. The SMILES string of the molecule is Cc1cc(NC2CCCNC2)c(C(N)=O)c(C)n1. The van der Waals surface area contributed by atoms with Gasteiger partial charge in [-0.25, -0.2) is 0 Å². The zero-order valence-electron chi connectivity index (χ0n) is 10.9. The topological polar surface area (TPSA) is 80.0 Å². The van der Waals surface area contributed by atoms with Crippen LogP contribution in [0.5, 0.6) is 0 Å². The third kappa shape index (κ3) is 2.79. The molecule has 0 radical (unpaired) electrons. The zero-order chi connectivity index (χ0) is 13.1. The summed E-state index contributed by atoms with van der Waals surface area (Å²) in [6, 6.07) is 2.24. The Hall–Kier alpha value is -1.62. The van der Waals surface area contributed by atoms with E-state index in [1.165, 1.54) is 0 Å². The molecule has 0 bridgehead atoms. The number of pyridine rings is 1. The molecule has 1 aliphatic heterocycles. The van der Waals surface area contributed by atoms with Gasteiger partial charge in [-0.3, -0.25) is 9.78 Å². The van der Waals surface area contributed by atoms with Crippen LogP contribution in [0, 0.1) is 13.8 Å². The van der Waals surface area contributed by atoms with Crippen LogP contribution in [-0.4, -0.2) is 30.0 Å². The molecule has 2 heterocycles. The first kappa shape index (κ1) is 12.8. The molecule has 2 rings (SSSR count). The van der Waals surface area contributed by atoms with E-state index in [0.29, 0.717) is 17.3 Å². The molecule has 0 aliphatic carbocycles. The Morgan fingerprint density at radius 2 is 2.33 bits per heavy atom. The molecule has 4 N–H and O–H groups in total. The van der Waals surface area contributed by atoms with Crippen molar-refractivity contribution in [1.82, 2.24) is 10.3 Å². The van der Waals surface area contributed by atoms with Crippen LogP contribution in [0.2, 0.25) is 0 Å². The summed E-state index contributed by atoms with van der Waals surface area (Å²) >= 11 is 0. The van der Waals surface area contributed by atoms with Gasteiger partial charge < -0.3 is 16.4 Å². The van der Waals surface area contributed by atoms with E-state index in [4.69, 9.17) is 5.73 Å². The molecule has 18 heavy (non-hydrogen) atoms. The maximum absolute atomic E-state index is 11.5. The highest BCUT2D eigenvalue weighted by molar-refractivity contribution is 5.99. The molecule has 1 unspecified atom stereocenters. The molecule has 5 nitrogen and oxygen atoms in total. The van der Waals surface area contributed by atoms with E-state index >= 15 is 0 Å². The monoisotopic (exact) mass is 248 g/mol. The van der Waals surface area contributed by atoms with Gasteiger partial charge in [-0.05, 0) is 39.3 Å². The number of hydrogen-bond donors (Lipinski definition) is 3. The van der Waals surface area contributed by atoms with Crippen LogP contribution in [-0.2, 0) is 0 Å². The second-order valence-corrected chi connectivity index (χ2v) is 4.82. The Labute approximate surface area is 107 Å². The van der Waals surface area contributed by atoms with Crippen LogP contribution in [0.25, 0.3) is 0 Å². The number of piperidine rings is 1. The van der Waals surface area contributed by atoms with Crippen molar-refractivity contribution in [2.75, 3.05) is 18.4 Å². The number of nitrogens with zero attached hydrogens (tertiary/aromatic N) is 1. The Balaban J connectivity index is 2.27.